The third-order valence-electron chi connectivity index (χ3n) is 4.36. The number of nitro groups is 1. The van der Waals surface area contributed by atoms with Gasteiger partial charge in [-0.15, -0.1) is 0 Å². The Kier molecular flexibility index (Phi) is 3.33. The largest absolute Gasteiger partial charge is 0.507 e. The van der Waals surface area contributed by atoms with Gasteiger partial charge in [0.15, 0.2) is 0 Å². The number of phenolic OH excluding ortho intramolecular Hbond substituents is 1. The highest BCUT2D eigenvalue weighted by Gasteiger charge is 2.41. The van der Waals surface area contributed by atoms with Crippen LogP contribution < -0.4 is 16.6 Å². The van der Waals surface area contributed by atoms with Crippen molar-refractivity contribution in [3.63, 3.8) is 0 Å². The molecule has 1 saturated carbocycles. The average Bonchev–Trinajstić information content (AvgIpc) is 2.81. The van der Waals surface area contributed by atoms with Crippen molar-refractivity contribution in [2.75, 3.05) is 0 Å². The molecule has 2 aliphatic rings. The first kappa shape index (κ1) is 13.3. The number of aromatic hydroxyl groups is 1. The van der Waals surface area contributed by atoms with Gasteiger partial charge in [0.05, 0.1) is 17.0 Å². The van der Waals surface area contributed by atoms with Gasteiger partial charge in [-0.25, -0.2) is 5.43 Å². The van der Waals surface area contributed by atoms with Crippen LogP contribution in [0.3, 0.4) is 0 Å². The van der Waals surface area contributed by atoms with Crippen molar-refractivity contribution >= 4 is 5.69 Å². The summed E-state index contributed by atoms with van der Waals surface area (Å²) >= 11 is 0. The summed E-state index contributed by atoms with van der Waals surface area (Å²) in [5.41, 5.74) is 13.0. The lowest BCUT2D eigenvalue weighted by molar-refractivity contribution is -0.385. The number of nitro benzene ring substituents is 1. The van der Waals surface area contributed by atoms with Crippen molar-refractivity contribution in [1.82, 2.24) is 10.9 Å². The minimum atomic E-state index is -0.508. The molecule has 7 nitrogen and oxygen atoms in total. The number of nitrogens with zero attached hydrogens (tertiary/aromatic N) is 1. The van der Waals surface area contributed by atoms with Crippen LogP contribution in [0.4, 0.5) is 5.69 Å². The van der Waals surface area contributed by atoms with Crippen molar-refractivity contribution in [3.05, 3.63) is 33.9 Å². The summed E-state index contributed by atoms with van der Waals surface area (Å²) in [6, 6.07) is 4.74. The zero-order valence-corrected chi connectivity index (χ0v) is 11.0. The van der Waals surface area contributed by atoms with E-state index in [2.05, 4.69) is 10.9 Å². The molecule has 1 saturated heterocycles. The van der Waals surface area contributed by atoms with Gasteiger partial charge in [0, 0.05) is 23.7 Å². The highest BCUT2D eigenvalue weighted by Crippen LogP contribution is 2.41. The molecular weight excluding hydrogens is 260 g/mol. The third-order valence-corrected chi connectivity index (χ3v) is 4.36. The third kappa shape index (κ3) is 2.24. The molecule has 1 aliphatic carbocycles. The quantitative estimate of drug-likeness (QED) is 0.473. The van der Waals surface area contributed by atoms with Gasteiger partial charge in [0.25, 0.3) is 5.69 Å². The molecule has 0 spiro atoms. The molecular formula is C13H18N4O3. The number of rotatable bonds is 2. The molecule has 1 aromatic carbocycles. The molecule has 20 heavy (non-hydrogen) atoms. The van der Waals surface area contributed by atoms with Crippen LogP contribution in [0.2, 0.25) is 0 Å². The molecule has 4 unspecified atom stereocenters. The Morgan fingerprint density at radius 2 is 2.15 bits per heavy atom. The number of nitrogens with one attached hydrogen (secondary N) is 2. The first-order chi connectivity index (χ1) is 9.56. The maximum atomic E-state index is 10.7. The number of phenols is 1. The van der Waals surface area contributed by atoms with E-state index in [1.165, 1.54) is 12.1 Å². The van der Waals surface area contributed by atoms with E-state index in [0.29, 0.717) is 17.5 Å². The van der Waals surface area contributed by atoms with Gasteiger partial charge in [-0.05, 0) is 31.2 Å². The first-order valence-corrected chi connectivity index (χ1v) is 6.80. The minimum absolute atomic E-state index is 0.0333. The molecule has 4 atom stereocenters. The zero-order valence-electron chi connectivity index (χ0n) is 11.0. The summed E-state index contributed by atoms with van der Waals surface area (Å²) < 4.78 is 0. The van der Waals surface area contributed by atoms with Crippen LogP contribution in [0.1, 0.15) is 30.9 Å². The predicted octanol–water partition coefficient (Wildman–Crippen LogP) is 0.945. The number of non-ortho nitro benzene ring substituents is 1. The molecule has 1 aliphatic heterocycles. The molecule has 3 rings (SSSR count). The van der Waals surface area contributed by atoms with Gasteiger partial charge in [-0.3, -0.25) is 15.5 Å². The van der Waals surface area contributed by atoms with Crippen LogP contribution in [-0.4, -0.2) is 22.1 Å². The molecule has 0 bridgehead atoms. The van der Waals surface area contributed by atoms with Crippen molar-refractivity contribution in [1.29, 1.82) is 0 Å². The number of hydrogen-bond donors (Lipinski definition) is 4. The Hall–Kier alpha value is -1.70. The Balaban J connectivity index is 1.85. The van der Waals surface area contributed by atoms with Crippen molar-refractivity contribution in [2.24, 2.45) is 11.7 Å². The summed E-state index contributed by atoms with van der Waals surface area (Å²) in [4.78, 5) is 10.2. The second-order valence-corrected chi connectivity index (χ2v) is 5.61. The molecule has 0 radical (unpaired) electrons. The molecule has 5 N–H and O–H groups in total. The van der Waals surface area contributed by atoms with E-state index >= 15 is 0 Å². The zero-order chi connectivity index (χ0) is 14.3. The fourth-order valence-electron chi connectivity index (χ4n) is 3.31. The van der Waals surface area contributed by atoms with Gasteiger partial charge in [0.2, 0.25) is 0 Å². The lowest BCUT2D eigenvalue weighted by Gasteiger charge is -2.31. The smallest absolute Gasteiger partial charge is 0.273 e. The summed E-state index contributed by atoms with van der Waals surface area (Å²) in [5.74, 6) is 0.316. The van der Waals surface area contributed by atoms with Crippen molar-refractivity contribution in [2.45, 2.75) is 37.4 Å². The topological polar surface area (TPSA) is 113 Å². The Morgan fingerprint density at radius 3 is 2.85 bits per heavy atom. The second kappa shape index (κ2) is 5.01. The number of benzene rings is 1. The maximum Gasteiger partial charge on any atom is 0.273 e. The number of hydrazine groups is 1. The number of fused-ring (bicyclic) bond motifs is 1. The van der Waals surface area contributed by atoms with E-state index in [9.17, 15) is 15.2 Å². The van der Waals surface area contributed by atoms with Crippen LogP contribution in [-0.2, 0) is 0 Å². The first-order valence-electron chi connectivity index (χ1n) is 6.80. The molecule has 108 valence electrons. The molecule has 7 heteroatoms. The minimum Gasteiger partial charge on any atom is -0.507 e. The van der Waals surface area contributed by atoms with E-state index in [-0.39, 0.29) is 23.5 Å². The molecule has 1 aromatic rings. The van der Waals surface area contributed by atoms with Gasteiger partial charge in [-0.2, -0.15) is 0 Å². The van der Waals surface area contributed by atoms with Crippen LogP contribution >= 0.6 is 0 Å². The SMILES string of the molecule is NC1CCC2C(C1)NNC2c1ccc([N+](=O)[O-])cc1O. The summed E-state index contributed by atoms with van der Waals surface area (Å²) in [6.07, 6.45) is 2.85. The van der Waals surface area contributed by atoms with Gasteiger partial charge in [0.1, 0.15) is 5.75 Å². The van der Waals surface area contributed by atoms with Crippen LogP contribution in [0.5, 0.6) is 5.75 Å². The summed E-state index contributed by atoms with van der Waals surface area (Å²) in [5, 5.41) is 20.7. The lowest BCUT2D eigenvalue weighted by Crippen LogP contribution is -2.41. The number of hydrogen-bond acceptors (Lipinski definition) is 6. The Bertz CT molecular complexity index is 536. The molecule has 0 aromatic heterocycles. The van der Waals surface area contributed by atoms with Crippen LogP contribution in [0.15, 0.2) is 18.2 Å². The van der Waals surface area contributed by atoms with E-state index in [4.69, 9.17) is 5.73 Å². The molecule has 1 heterocycles. The summed E-state index contributed by atoms with van der Waals surface area (Å²) in [6.45, 7) is 0. The highest BCUT2D eigenvalue weighted by molar-refractivity contribution is 5.45. The van der Waals surface area contributed by atoms with Gasteiger partial charge >= 0.3 is 0 Å². The fraction of sp³-hybridized carbons (Fsp3) is 0.538. The normalized spacial score (nSPS) is 32.9. The van der Waals surface area contributed by atoms with E-state index in [1.54, 1.807) is 6.07 Å². The van der Waals surface area contributed by atoms with Crippen LogP contribution in [0.25, 0.3) is 0 Å². The standard InChI is InChI=1S/C13H18N4O3/c14-7-1-3-9-11(5-7)15-16-13(9)10-4-2-8(17(19)20)6-12(10)18/h2,4,6-7,9,11,13,15-16,18H,1,3,5,14H2. The van der Waals surface area contributed by atoms with E-state index in [1.807, 2.05) is 0 Å². The second-order valence-electron chi connectivity index (χ2n) is 5.61. The Morgan fingerprint density at radius 1 is 1.35 bits per heavy atom. The van der Waals surface area contributed by atoms with Gasteiger partial charge < -0.3 is 10.8 Å². The Labute approximate surface area is 116 Å². The van der Waals surface area contributed by atoms with Gasteiger partial charge in [-0.1, -0.05) is 0 Å². The van der Waals surface area contributed by atoms with E-state index in [0.717, 1.165) is 19.3 Å². The fourth-order valence-corrected chi connectivity index (χ4v) is 3.31. The van der Waals surface area contributed by atoms with Crippen molar-refractivity contribution < 1.29 is 10.0 Å². The number of nitrogens with two attached hydrogens (primary N) is 1. The maximum absolute atomic E-state index is 10.7. The van der Waals surface area contributed by atoms with Crippen molar-refractivity contribution in [3.8, 4) is 5.75 Å². The summed E-state index contributed by atoms with van der Waals surface area (Å²) in [7, 11) is 0. The monoisotopic (exact) mass is 278 g/mol. The lowest BCUT2D eigenvalue weighted by atomic mass is 9.77. The average molecular weight is 278 g/mol. The molecule has 0 amide bonds. The predicted molar refractivity (Wildman–Crippen MR) is 72.9 cm³/mol. The molecule has 2 fully saturated rings. The van der Waals surface area contributed by atoms with Crippen LogP contribution in [0, 0.1) is 16.0 Å². The highest BCUT2D eigenvalue weighted by atomic mass is 16.6. The van der Waals surface area contributed by atoms with E-state index < -0.39 is 4.92 Å².